The highest BCUT2D eigenvalue weighted by molar-refractivity contribution is 5.70. The van der Waals surface area contributed by atoms with Crippen molar-refractivity contribution in [2.75, 3.05) is 19.6 Å². The second-order valence-electron chi connectivity index (χ2n) is 13.5. The van der Waals surface area contributed by atoms with Crippen LogP contribution in [0.25, 0.3) is 0 Å². The molecule has 8 heteroatoms. The Morgan fingerprint density at radius 2 is 1.59 bits per heavy atom. The van der Waals surface area contributed by atoms with Gasteiger partial charge < -0.3 is 36.8 Å². The summed E-state index contributed by atoms with van der Waals surface area (Å²) in [6.07, 6.45) is 16.1. The van der Waals surface area contributed by atoms with Crippen LogP contribution in [0.2, 0.25) is 0 Å². The summed E-state index contributed by atoms with van der Waals surface area (Å²) in [5.41, 5.74) is 5.29. The molecule has 1 aliphatic carbocycles. The van der Waals surface area contributed by atoms with Crippen LogP contribution in [0.15, 0.2) is 0 Å². The summed E-state index contributed by atoms with van der Waals surface area (Å²) in [5.74, 6) is -0.360. The van der Waals surface area contributed by atoms with Crippen molar-refractivity contribution in [1.29, 1.82) is 0 Å². The summed E-state index contributed by atoms with van der Waals surface area (Å²) in [5, 5.41) is 49.2. The lowest BCUT2D eigenvalue weighted by molar-refractivity contribution is -0.146. The molecule has 1 heterocycles. The van der Waals surface area contributed by atoms with E-state index in [4.69, 9.17) is 5.73 Å². The van der Waals surface area contributed by atoms with Crippen LogP contribution in [0.4, 0.5) is 0 Å². The third-order valence-corrected chi connectivity index (χ3v) is 9.92. The number of carbonyl (C=O) groups is 1. The Morgan fingerprint density at radius 1 is 0.951 bits per heavy atom. The number of nitrogens with two attached hydrogens (primary N) is 1. The smallest absolute Gasteiger partial charge is 0.309 e. The van der Waals surface area contributed by atoms with E-state index in [9.17, 15) is 25.2 Å². The lowest BCUT2D eigenvalue weighted by Crippen LogP contribution is -2.44. The minimum absolute atomic E-state index is 0.0565. The second kappa shape index (κ2) is 20.2. The molecule has 2 unspecified atom stereocenters. The first-order valence-corrected chi connectivity index (χ1v) is 17.2. The Morgan fingerprint density at radius 3 is 2.20 bits per heavy atom. The second-order valence-corrected chi connectivity index (χ2v) is 13.5. The molecule has 2 fully saturated rings. The molecule has 2 aliphatic rings. The molecule has 0 aromatic heterocycles. The first-order chi connectivity index (χ1) is 19.7. The molecule has 8 atom stereocenters. The van der Waals surface area contributed by atoms with E-state index in [0.29, 0.717) is 43.4 Å². The topological polar surface area (TPSA) is 148 Å². The molecule has 0 aromatic carbocycles. The molecule has 0 spiro atoms. The van der Waals surface area contributed by atoms with Crippen molar-refractivity contribution in [3.05, 3.63) is 0 Å². The number of piperidine rings is 1. The molecule has 0 radical (unpaired) electrons. The van der Waals surface area contributed by atoms with Crippen molar-refractivity contribution < 1.29 is 25.2 Å². The van der Waals surface area contributed by atoms with E-state index in [-0.39, 0.29) is 12.3 Å². The zero-order chi connectivity index (χ0) is 30.1. The van der Waals surface area contributed by atoms with Crippen molar-refractivity contribution in [2.45, 2.75) is 160 Å². The molecule has 1 aliphatic heterocycles. The zero-order valence-corrected chi connectivity index (χ0v) is 26.4. The highest BCUT2D eigenvalue weighted by atomic mass is 16.4. The average molecular weight is 584 g/mol. The Kier molecular flexibility index (Phi) is 18.0. The molecule has 1 saturated heterocycles. The quantitative estimate of drug-likeness (QED) is 0.0838. The summed E-state index contributed by atoms with van der Waals surface area (Å²) in [6.45, 7) is 7.04. The van der Waals surface area contributed by atoms with E-state index in [0.717, 1.165) is 90.3 Å². The van der Waals surface area contributed by atoms with Crippen molar-refractivity contribution in [2.24, 2.45) is 29.4 Å². The fourth-order valence-corrected chi connectivity index (χ4v) is 7.44. The standard InChI is InChI=1S/C33H65N3O5/c1-3-5-6-7-10-13-28(37)14-11-8-9-12-15-29(32(39)40)30(38)16-18-33(41)22-26(27(23-33)24-35-4-2)20-25-17-19-36-31(34)21-25/h25-31,35-38,41H,3-24,34H2,1-2H3,(H,39,40)/t25?,26-,27+,28+,29+,30-,31?,33-/m1/s1. The lowest BCUT2D eigenvalue weighted by Gasteiger charge is -2.31. The minimum atomic E-state index is -0.945. The van der Waals surface area contributed by atoms with E-state index >= 15 is 0 Å². The van der Waals surface area contributed by atoms with Crippen LogP contribution < -0.4 is 16.4 Å². The number of hydrogen-bond acceptors (Lipinski definition) is 7. The molecule has 0 amide bonds. The molecule has 2 rings (SSSR count). The zero-order valence-electron chi connectivity index (χ0n) is 26.4. The van der Waals surface area contributed by atoms with Gasteiger partial charge >= 0.3 is 5.97 Å². The predicted molar refractivity (Wildman–Crippen MR) is 166 cm³/mol. The largest absolute Gasteiger partial charge is 0.481 e. The van der Waals surface area contributed by atoms with Crippen LogP contribution in [0.3, 0.4) is 0 Å². The van der Waals surface area contributed by atoms with Gasteiger partial charge in [-0.1, -0.05) is 71.6 Å². The Bertz CT molecular complexity index is 698. The van der Waals surface area contributed by atoms with Gasteiger partial charge in [0.15, 0.2) is 0 Å². The Labute approximate surface area is 250 Å². The normalized spacial score (nSPS) is 28.9. The summed E-state index contributed by atoms with van der Waals surface area (Å²) in [6, 6.07) is 0. The summed E-state index contributed by atoms with van der Waals surface area (Å²) < 4.78 is 0. The first-order valence-electron chi connectivity index (χ1n) is 17.2. The van der Waals surface area contributed by atoms with E-state index in [1.165, 1.54) is 25.7 Å². The number of hydrogen-bond donors (Lipinski definition) is 7. The molecular weight excluding hydrogens is 518 g/mol. The van der Waals surface area contributed by atoms with Gasteiger partial charge in [-0.15, -0.1) is 0 Å². The summed E-state index contributed by atoms with van der Waals surface area (Å²) >= 11 is 0. The van der Waals surface area contributed by atoms with Gasteiger partial charge in [0.1, 0.15) is 0 Å². The average Bonchev–Trinajstić information content (AvgIpc) is 3.24. The van der Waals surface area contributed by atoms with Crippen LogP contribution in [0, 0.1) is 23.7 Å². The fraction of sp³-hybridized carbons (Fsp3) is 0.970. The Balaban J connectivity index is 1.72. The highest BCUT2D eigenvalue weighted by Gasteiger charge is 2.44. The number of unbranched alkanes of at least 4 members (excludes halogenated alkanes) is 7. The van der Waals surface area contributed by atoms with Crippen molar-refractivity contribution >= 4 is 5.97 Å². The van der Waals surface area contributed by atoms with Crippen molar-refractivity contribution in [3.63, 3.8) is 0 Å². The van der Waals surface area contributed by atoms with E-state index in [2.05, 4.69) is 24.5 Å². The third kappa shape index (κ3) is 14.5. The minimum Gasteiger partial charge on any atom is -0.481 e. The molecule has 0 aromatic rings. The van der Waals surface area contributed by atoms with Crippen LogP contribution in [0.1, 0.15) is 136 Å². The molecule has 0 bridgehead atoms. The van der Waals surface area contributed by atoms with Gasteiger partial charge in [0.05, 0.1) is 29.9 Å². The van der Waals surface area contributed by atoms with Gasteiger partial charge in [0, 0.05) is 0 Å². The molecule has 242 valence electrons. The summed E-state index contributed by atoms with van der Waals surface area (Å²) in [7, 11) is 0. The first kappa shape index (κ1) is 36.4. The Hall–Kier alpha value is -0.770. The number of aliphatic hydroxyl groups excluding tert-OH is 2. The monoisotopic (exact) mass is 583 g/mol. The predicted octanol–water partition coefficient (Wildman–Crippen LogP) is 4.93. The van der Waals surface area contributed by atoms with Gasteiger partial charge in [-0.05, 0) is 102 Å². The van der Waals surface area contributed by atoms with Crippen LogP contribution in [-0.2, 0) is 4.79 Å². The van der Waals surface area contributed by atoms with Gasteiger partial charge in [0.2, 0.25) is 0 Å². The number of aliphatic hydroxyl groups is 3. The third-order valence-electron chi connectivity index (χ3n) is 9.92. The molecule has 8 N–H and O–H groups in total. The maximum absolute atomic E-state index is 12.0. The van der Waals surface area contributed by atoms with E-state index in [1.807, 2.05) is 0 Å². The molecular formula is C33H65N3O5. The van der Waals surface area contributed by atoms with Crippen LogP contribution >= 0.6 is 0 Å². The van der Waals surface area contributed by atoms with E-state index in [1.54, 1.807) is 0 Å². The summed E-state index contributed by atoms with van der Waals surface area (Å²) in [4.78, 5) is 12.0. The highest BCUT2D eigenvalue weighted by Crippen LogP contribution is 2.46. The van der Waals surface area contributed by atoms with Gasteiger partial charge in [0.25, 0.3) is 0 Å². The van der Waals surface area contributed by atoms with Gasteiger partial charge in [-0.3, -0.25) is 4.79 Å². The maximum Gasteiger partial charge on any atom is 0.309 e. The number of carboxylic acids is 1. The van der Waals surface area contributed by atoms with Gasteiger partial charge in [-0.2, -0.15) is 0 Å². The molecule has 8 nitrogen and oxygen atoms in total. The number of carboxylic acid groups (broad SMARTS) is 1. The maximum atomic E-state index is 12.0. The number of rotatable bonds is 23. The molecule has 41 heavy (non-hydrogen) atoms. The van der Waals surface area contributed by atoms with Crippen LogP contribution in [-0.4, -0.2) is 70.0 Å². The fourth-order valence-electron chi connectivity index (χ4n) is 7.44. The molecule has 1 saturated carbocycles. The number of aliphatic carboxylic acids is 1. The van der Waals surface area contributed by atoms with Crippen LogP contribution in [0.5, 0.6) is 0 Å². The SMILES string of the molecule is CCCCCCC[C@H](O)CCCCCC[C@H](C(=O)O)[C@H](O)CC[C@]1(O)C[C@@H](CNCC)[C@H](CC2CCNC(N)C2)C1. The van der Waals surface area contributed by atoms with Gasteiger partial charge in [-0.25, -0.2) is 0 Å². The number of nitrogens with one attached hydrogen (secondary N) is 2. The van der Waals surface area contributed by atoms with Crippen molar-refractivity contribution in [1.82, 2.24) is 10.6 Å². The van der Waals surface area contributed by atoms with Crippen molar-refractivity contribution in [3.8, 4) is 0 Å². The van der Waals surface area contributed by atoms with E-state index < -0.39 is 23.6 Å². The lowest BCUT2D eigenvalue weighted by atomic mass is 9.81.